The third kappa shape index (κ3) is 3.23. The van der Waals surface area contributed by atoms with Crippen LogP contribution in [0.1, 0.15) is 19.8 Å². The molecule has 0 spiro atoms. The standard InChI is InChI=1S/C15H20N2O3/c1-4-7-11-10-17(15(20)12(11)5-2)13(8-6-9-18)14(19)16-3/h4-5,7,9,13H,1,6,8,10H2,2-3H3,(H,16,19)/b11-7-,12-5+. The first-order chi connectivity index (χ1) is 9.60. The maximum atomic E-state index is 12.4. The molecule has 5 heteroatoms. The van der Waals surface area contributed by atoms with Gasteiger partial charge in [-0.25, -0.2) is 0 Å². The van der Waals surface area contributed by atoms with E-state index in [0.717, 1.165) is 11.9 Å². The van der Waals surface area contributed by atoms with Gasteiger partial charge >= 0.3 is 0 Å². The van der Waals surface area contributed by atoms with E-state index >= 15 is 0 Å². The monoisotopic (exact) mass is 276 g/mol. The number of likely N-dealkylation sites (tertiary alicyclic amines) is 1. The molecule has 1 atom stereocenters. The van der Waals surface area contributed by atoms with Crippen LogP contribution in [-0.2, 0) is 14.4 Å². The van der Waals surface area contributed by atoms with E-state index in [2.05, 4.69) is 11.9 Å². The number of allylic oxidation sites excluding steroid dienone is 3. The highest BCUT2D eigenvalue weighted by molar-refractivity contribution is 6.03. The largest absolute Gasteiger partial charge is 0.357 e. The molecule has 0 aromatic rings. The Morgan fingerprint density at radius 1 is 1.55 bits per heavy atom. The summed E-state index contributed by atoms with van der Waals surface area (Å²) in [4.78, 5) is 36.3. The molecule has 1 heterocycles. The zero-order valence-electron chi connectivity index (χ0n) is 11.9. The summed E-state index contributed by atoms with van der Waals surface area (Å²) < 4.78 is 0. The number of nitrogens with one attached hydrogen (secondary N) is 1. The normalized spacial score (nSPS) is 20.3. The van der Waals surface area contributed by atoms with E-state index in [1.807, 2.05) is 0 Å². The van der Waals surface area contributed by atoms with Gasteiger partial charge in [0, 0.05) is 25.6 Å². The predicted octanol–water partition coefficient (Wildman–Crippen LogP) is 0.981. The van der Waals surface area contributed by atoms with Gasteiger partial charge in [-0.1, -0.05) is 24.8 Å². The molecule has 0 aromatic heterocycles. The summed E-state index contributed by atoms with van der Waals surface area (Å²) >= 11 is 0. The Morgan fingerprint density at radius 3 is 2.75 bits per heavy atom. The van der Waals surface area contributed by atoms with Crippen LogP contribution in [0.25, 0.3) is 0 Å². The summed E-state index contributed by atoms with van der Waals surface area (Å²) in [6, 6.07) is -0.622. The van der Waals surface area contributed by atoms with Gasteiger partial charge in [-0.05, 0) is 18.9 Å². The van der Waals surface area contributed by atoms with Gasteiger partial charge in [0.1, 0.15) is 12.3 Å². The molecule has 0 radical (unpaired) electrons. The lowest BCUT2D eigenvalue weighted by Crippen LogP contribution is -2.46. The number of rotatable bonds is 6. The van der Waals surface area contributed by atoms with Crippen LogP contribution >= 0.6 is 0 Å². The van der Waals surface area contributed by atoms with Crippen LogP contribution in [0.15, 0.2) is 36.0 Å². The topological polar surface area (TPSA) is 66.5 Å². The fraction of sp³-hybridized carbons (Fsp3) is 0.400. The lowest BCUT2D eigenvalue weighted by atomic mass is 10.1. The van der Waals surface area contributed by atoms with Gasteiger partial charge in [0.2, 0.25) is 5.91 Å². The molecule has 0 bridgehead atoms. The third-order valence-corrected chi connectivity index (χ3v) is 3.27. The molecular formula is C15H20N2O3. The molecule has 1 aliphatic rings. The highest BCUT2D eigenvalue weighted by Crippen LogP contribution is 2.26. The van der Waals surface area contributed by atoms with Crippen molar-refractivity contribution in [1.29, 1.82) is 0 Å². The maximum Gasteiger partial charge on any atom is 0.254 e. The minimum atomic E-state index is -0.622. The van der Waals surface area contributed by atoms with Gasteiger partial charge in [-0.3, -0.25) is 9.59 Å². The van der Waals surface area contributed by atoms with Gasteiger partial charge in [0.15, 0.2) is 0 Å². The quantitative estimate of drug-likeness (QED) is 0.581. The van der Waals surface area contributed by atoms with Crippen LogP contribution in [0.5, 0.6) is 0 Å². The minimum absolute atomic E-state index is 0.180. The lowest BCUT2D eigenvalue weighted by Gasteiger charge is -2.25. The summed E-state index contributed by atoms with van der Waals surface area (Å²) in [5, 5.41) is 2.54. The molecule has 108 valence electrons. The second-order valence-electron chi connectivity index (χ2n) is 4.44. The first-order valence-corrected chi connectivity index (χ1v) is 6.55. The molecule has 1 unspecified atom stereocenters. The Morgan fingerprint density at radius 2 is 2.25 bits per heavy atom. The van der Waals surface area contributed by atoms with E-state index in [4.69, 9.17) is 0 Å². The molecule has 1 saturated heterocycles. The van der Waals surface area contributed by atoms with E-state index in [1.54, 1.807) is 25.2 Å². The number of likely N-dealkylation sites (N-methyl/N-ethyl adjacent to an activating group) is 1. The molecule has 0 aliphatic carbocycles. The minimum Gasteiger partial charge on any atom is -0.357 e. The van der Waals surface area contributed by atoms with Crippen molar-refractivity contribution >= 4 is 18.1 Å². The zero-order chi connectivity index (χ0) is 15.1. The van der Waals surface area contributed by atoms with Crippen molar-refractivity contribution in [2.45, 2.75) is 25.8 Å². The van der Waals surface area contributed by atoms with Crippen molar-refractivity contribution in [1.82, 2.24) is 10.2 Å². The summed E-state index contributed by atoms with van der Waals surface area (Å²) in [6.45, 7) is 5.78. The highest BCUT2D eigenvalue weighted by atomic mass is 16.2. The zero-order valence-corrected chi connectivity index (χ0v) is 11.9. The van der Waals surface area contributed by atoms with Crippen LogP contribution in [0.2, 0.25) is 0 Å². The molecule has 1 N–H and O–H groups in total. The molecule has 1 fully saturated rings. The van der Waals surface area contributed by atoms with Gasteiger partial charge in [0.05, 0.1) is 0 Å². The average molecular weight is 276 g/mol. The van der Waals surface area contributed by atoms with Crippen molar-refractivity contribution in [3.63, 3.8) is 0 Å². The lowest BCUT2D eigenvalue weighted by molar-refractivity contribution is -0.136. The molecule has 0 saturated carbocycles. The Hall–Kier alpha value is -2.17. The van der Waals surface area contributed by atoms with Crippen molar-refractivity contribution in [2.24, 2.45) is 0 Å². The average Bonchev–Trinajstić information content (AvgIpc) is 2.75. The van der Waals surface area contributed by atoms with E-state index in [0.29, 0.717) is 18.5 Å². The molecule has 0 aromatic carbocycles. The Balaban J connectivity index is 3.06. The Bertz CT molecular complexity index is 478. The fourth-order valence-electron chi connectivity index (χ4n) is 2.30. The number of carbonyl (C=O) groups is 3. The van der Waals surface area contributed by atoms with Crippen LogP contribution in [-0.4, -0.2) is 42.6 Å². The van der Waals surface area contributed by atoms with E-state index in [1.165, 1.54) is 11.9 Å². The van der Waals surface area contributed by atoms with E-state index in [-0.39, 0.29) is 18.2 Å². The first kappa shape index (κ1) is 15.9. The van der Waals surface area contributed by atoms with Gasteiger partial charge < -0.3 is 15.0 Å². The second kappa shape index (κ2) is 7.43. The molecule has 5 nitrogen and oxygen atoms in total. The summed E-state index contributed by atoms with van der Waals surface area (Å²) in [7, 11) is 1.52. The Kier molecular flexibility index (Phi) is 5.90. The molecule has 1 rings (SSSR count). The second-order valence-corrected chi connectivity index (χ2v) is 4.44. The number of nitrogens with zero attached hydrogens (tertiary/aromatic N) is 1. The number of amides is 2. The van der Waals surface area contributed by atoms with Gasteiger partial charge in [-0.2, -0.15) is 0 Å². The smallest absolute Gasteiger partial charge is 0.254 e. The van der Waals surface area contributed by atoms with Crippen molar-refractivity contribution < 1.29 is 14.4 Å². The van der Waals surface area contributed by atoms with Gasteiger partial charge in [-0.15, -0.1) is 0 Å². The summed E-state index contributed by atoms with van der Waals surface area (Å²) in [5.41, 5.74) is 1.43. The van der Waals surface area contributed by atoms with Crippen molar-refractivity contribution in [3.8, 4) is 0 Å². The van der Waals surface area contributed by atoms with Crippen molar-refractivity contribution in [2.75, 3.05) is 13.6 Å². The number of carbonyl (C=O) groups excluding carboxylic acids is 3. The Labute approximate surface area is 119 Å². The summed E-state index contributed by atoms with van der Waals surface area (Å²) in [6.07, 6.45) is 6.45. The summed E-state index contributed by atoms with van der Waals surface area (Å²) in [5.74, 6) is -0.435. The number of hydrogen-bond donors (Lipinski definition) is 1. The van der Waals surface area contributed by atoms with Crippen LogP contribution in [0.3, 0.4) is 0 Å². The molecular weight excluding hydrogens is 256 g/mol. The highest BCUT2D eigenvalue weighted by Gasteiger charge is 2.37. The van der Waals surface area contributed by atoms with E-state index in [9.17, 15) is 14.4 Å². The van der Waals surface area contributed by atoms with Gasteiger partial charge in [0.25, 0.3) is 5.91 Å². The SMILES string of the molecule is C=C/C=C1/CN(C(CCC=O)C(=O)NC)C(=O)/C1=C/C. The van der Waals surface area contributed by atoms with Crippen molar-refractivity contribution in [3.05, 3.63) is 36.0 Å². The fourth-order valence-corrected chi connectivity index (χ4v) is 2.30. The molecule has 20 heavy (non-hydrogen) atoms. The van der Waals surface area contributed by atoms with Crippen LogP contribution < -0.4 is 5.32 Å². The number of aldehydes is 1. The van der Waals surface area contributed by atoms with Crippen LogP contribution in [0, 0.1) is 0 Å². The molecule has 1 aliphatic heterocycles. The van der Waals surface area contributed by atoms with Crippen LogP contribution in [0.4, 0.5) is 0 Å². The van der Waals surface area contributed by atoms with E-state index < -0.39 is 6.04 Å². The number of hydrogen-bond acceptors (Lipinski definition) is 3. The maximum absolute atomic E-state index is 12.4. The predicted molar refractivity (Wildman–Crippen MR) is 76.9 cm³/mol. The first-order valence-electron chi connectivity index (χ1n) is 6.55. The third-order valence-electron chi connectivity index (χ3n) is 3.27. The molecule has 2 amide bonds.